The lowest BCUT2D eigenvalue weighted by Crippen LogP contribution is -2.40. The molecule has 1 aliphatic carbocycles. The topological polar surface area (TPSA) is 75.6 Å². The molecule has 1 aliphatic heterocycles. The van der Waals surface area contributed by atoms with Crippen LogP contribution < -0.4 is 10.1 Å². The Morgan fingerprint density at radius 2 is 2.20 bits per heavy atom. The summed E-state index contributed by atoms with van der Waals surface area (Å²) in [6.45, 7) is 2.09. The number of carboxylic acid groups (broad SMARTS) is 1. The molecular weight excluding hydrogens is 258 g/mol. The summed E-state index contributed by atoms with van der Waals surface area (Å²) in [6, 6.07) is 6.94. The minimum Gasteiger partial charge on any atom is -0.493 e. The van der Waals surface area contributed by atoms with E-state index in [0.29, 0.717) is 6.61 Å². The fourth-order valence-corrected chi connectivity index (χ4v) is 3.08. The zero-order valence-corrected chi connectivity index (χ0v) is 11.3. The maximum absolute atomic E-state index is 12.2. The predicted molar refractivity (Wildman–Crippen MR) is 71.6 cm³/mol. The van der Waals surface area contributed by atoms with E-state index in [1.807, 2.05) is 24.3 Å². The van der Waals surface area contributed by atoms with Crippen LogP contribution in [0, 0.1) is 5.92 Å². The summed E-state index contributed by atoms with van der Waals surface area (Å²) < 4.78 is 5.62. The molecule has 5 heteroatoms. The molecule has 0 bridgehead atoms. The molecule has 5 nitrogen and oxygen atoms in total. The maximum atomic E-state index is 12.2. The number of hydrogen-bond acceptors (Lipinski definition) is 3. The molecule has 0 saturated heterocycles. The zero-order chi connectivity index (χ0) is 14.3. The van der Waals surface area contributed by atoms with Gasteiger partial charge in [-0.25, -0.2) is 0 Å². The van der Waals surface area contributed by atoms with Gasteiger partial charge in [0.05, 0.1) is 6.61 Å². The number of fused-ring (bicyclic) bond motifs is 2. The van der Waals surface area contributed by atoms with E-state index in [2.05, 4.69) is 5.32 Å². The van der Waals surface area contributed by atoms with Crippen LogP contribution in [0.3, 0.4) is 0 Å². The lowest BCUT2D eigenvalue weighted by molar-refractivity contribution is -0.141. The van der Waals surface area contributed by atoms with E-state index in [4.69, 9.17) is 9.84 Å². The van der Waals surface area contributed by atoms with Crippen molar-refractivity contribution in [1.29, 1.82) is 0 Å². The Balaban J connectivity index is 1.78. The Bertz CT molecular complexity index is 571. The summed E-state index contributed by atoms with van der Waals surface area (Å²) in [5.41, 5.74) is 0.923. The Kier molecular flexibility index (Phi) is 2.92. The van der Waals surface area contributed by atoms with Crippen LogP contribution in [0.2, 0.25) is 0 Å². The number of ether oxygens (including phenoxy) is 1. The molecule has 0 unspecified atom stereocenters. The molecule has 2 N–H and O–H groups in total. The molecule has 20 heavy (non-hydrogen) atoms. The van der Waals surface area contributed by atoms with Gasteiger partial charge < -0.3 is 15.2 Å². The van der Waals surface area contributed by atoms with Crippen LogP contribution in [0.15, 0.2) is 24.3 Å². The molecule has 1 fully saturated rings. The van der Waals surface area contributed by atoms with E-state index in [0.717, 1.165) is 24.2 Å². The van der Waals surface area contributed by atoms with Gasteiger partial charge in [-0.15, -0.1) is 0 Å². The monoisotopic (exact) mass is 275 g/mol. The van der Waals surface area contributed by atoms with Crippen molar-refractivity contribution in [2.45, 2.75) is 31.2 Å². The highest BCUT2D eigenvalue weighted by Gasteiger charge is 2.61. The van der Waals surface area contributed by atoms with Crippen LogP contribution in [0.25, 0.3) is 0 Å². The summed E-state index contributed by atoms with van der Waals surface area (Å²) >= 11 is 0. The molecule has 0 radical (unpaired) electrons. The average molecular weight is 275 g/mol. The normalized spacial score (nSPS) is 28.1. The molecule has 3 atom stereocenters. The Morgan fingerprint density at radius 3 is 2.95 bits per heavy atom. The first-order valence-corrected chi connectivity index (χ1v) is 6.80. The number of hydrogen-bond donors (Lipinski definition) is 2. The number of carboxylic acids is 1. The van der Waals surface area contributed by atoms with Crippen LogP contribution in [0.4, 0.5) is 0 Å². The number of nitrogens with one attached hydrogen (secondary N) is 1. The molecule has 1 aromatic rings. The second-order valence-corrected chi connectivity index (χ2v) is 5.58. The quantitative estimate of drug-likeness (QED) is 0.872. The van der Waals surface area contributed by atoms with E-state index < -0.39 is 12.0 Å². The van der Waals surface area contributed by atoms with Gasteiger partial charge in [0.15, 0.2) is 0 Å². The molecule has 2 aliphatic rings. The number of amides is 1. The second kappa shape index (κ2) is 4.51. The van der Waals surface area contributed by atoms with Gasteiger partial charge in [-0.05, 0) is 25.8 Å². The fourth-order valence-electron chi connectivity index (χ4n) is 3.08. The first-order valence-electron chi connectivity index (χ1n) is 6.80. The molecule has 1 heterocycles. The van der Waals surface area contributed by atoms with Crippen molar-refractivity contribution in [1.82, 2.24) is 5.32 Å². The largest absolute Gasteiger partial charge is 0.493 e. The van der Waals surface area contributed by atoms with Gasteiger partial charge in [-0.1, -0.05) is 18.2 Å². The smallest absolute Gasteiger partial charge is 0.325 e. The van der Waals surface area contributed by atoms with Crippen LogP contribution in [0.5, 0.6) is 5.75 Å². The summed E-state index contributed by atoms with van der Waals surface area (Å²) in [7, 11) is 0. The highest BCUT2D eigenvalue weighted by atomic mass is 16.5. The SMILES string of the molecule is C[C@@H](NC(=O)[C@@H]1C[C@]12CCOc1ccccc12)C(=O)O. The van der Waals surface area contributed by atoms with E-state index in [-0.39, 0.29) is 17.2 Å². The first-order chi connectivity index (χ1) is 9.54. The van der Waals surface area contributed by atoms with Crippen molar-refractivity contribution < 1.29 is 19.4 Å². The van der Waals surface area contributed by atoms with E-state index in [1.54, 1.807) is 0 Å². The minimum absolute atomic E-state index is 0.144. The summed E-state index contributed by atoms with van der Waals surface area (Å²) in [6.07, 6.45) is 1.58. The third-order valence-electron chi connectivity index (χ3n) is 4.35. The third kappa shape index (κ3) is 1.94. The molecule has 1 amide bonds. The van der Waals surface area contributed by atoms with E-state index >= 15 is 0 Å². The number of rotatable bonds is 3. The lowest BCUT2D eigenvalue weighted by atomic mass is 9.87. The van der Waals surface area contributed by atoms with Crippen molar-refractivity contribution in [3.05, 3.63) is 29.8 Å². The number of aliphatic carboxylic acids is 1. The molecular formula is C15H17NO4. The van der Waals surface area contributed by atoms with Crippen molar-refractivity contribution >= 4 is 11.9 Å². The number of benzene rings is 1. The van der Waals surface area contributed by atoms with E-state index in [9.17, 15) is 9.59 Å². The number of carbonyl (C=O) groups is 2. The van der Waals surface area contributed by atoms with Gasteiger partial charge in [0.25, 0.3) is 0 Å². The van der Waals surface area contributed by atoms with Gasteiger partial charge in [0, 0.05) is 16.9 Å². The fraction of sp³-hybridized carbons (Fsp3) is 0.467. The molecule has 3 rings (SSSR count). The molecule has 0 aromatic heterocycles. The van der Waals surface area contributed by atoms with Crippen LogP contribution in [-0.2, 0) is 15.0 Å². The predicted octanol–water partition coefficient (Wildman–Crippen LogP) is 1.32. The highest BCUT2D eigenvalue weighted by molar-refractivity contribution is 5.88. The standard InChI is InChI=1S/C15H17NO4/c1-9(14(18)19)16-13(17)11-8-15(11)6-7-20-12-5-3-2-4-10(12)15/h2-5,9,11H,6-8H2,1H3,(H,16,17)(H,18,19)/t9-,11+,15+/m1/s1. The highest BCUT2D eigenvalue weighted by Crippen LogP contribution is 2.60. The van der Waals surface area contributed by atoms with Gasteiger partial charge >= 0.3 is 5.97 Å². The molecule has 1 saturated carbocycles. The second-order valence-electron chi connectivity index (χ2n) is 5.58. The van der Waals surface area contributed by atoms with E-state index in [1.165, 1.54) is 6.92 Å². The van der Waals surface area contributed by atoms with Crippen LogP contribution in [-0.4, -0.2) is 29.6 Å². The van der Waals surface area contributed by atoms with Crippen LogP contribution >= 0.6 is 0 Å². The molecule has 106 valence electrons. The Morgan fingerprint density at radius 1 is 1.45 bits per heavy atom. The average Bonchev–Trinajstić information content (AvgIpc) is 3.14. The minimum atomic E-state index is -1.01. The van der Waals surface area contributed by atoms with Gasteiger partial charge in [-0.3, -0.25) is 9.59 Å². The Labute approximate surface area is 116 Å². The molecule has 1 spiro atoms. The van der Waals surface area contributed by atoms with Crippen molar-refractivity contribution in [3.63, 3.8) is 0 Å². The summed E-state index contributed by atoms with van der Waals surface area (Å²) in [5, 5.41) is 11.4. The summed E-state index contributed by atoms with van der Waals surface area (Å²) in [4.78, 5) is 23.0. The van der Waals surface area contributed by atoms with Gasteiger partial charge in [-0.2, -0.15) is 0 Å². The maximum Gasteiger partial charge on any atom is 0.325 e. The van der Waals surface area contributed by atoms with Crippen molar-refractivity contribution in [2.75, 3.05) is 6.61 Å². The van der Waals surface area contributed by atoms with Crippen LogP contribution in [0.1, 0.15) is 25.3 Å². The van der Waals surface area contributed by atoms with Gasteiger partial charge in [0.2, 0.25) is 5.91 Å². The third-order valence-corrected chi connectivity index (χ3v) is 4.35. The summed E-state index contributed by atoms with van der Waals surface area (Å²) in [5.74, 6) is -0.480. The van der Waals surface area contributed by atoms with Crippen molar-refractivity contribution in [3.8, 4) is 5.75 Å². The number of para-hydroxylation sites is 1. The number of carbonyl (C=O) groups excluding carboxylic acids is 1. The van der Waals surface area contributed by atoms with Crippen molar-refractivity contribution in [2.24, 2.45) is 5.92 Å². The lowest BCUT2D eigenvalue weighted by Gasteiger charge is -2.26. The Hall–Kier alpha value is -2.04. The molecule has 1 aromatic carbocycles. The zero-order valence-electron chi connectivity index (χ0n) is 11.3. The van der Waals surface area contributed by atoms with Gasteiger partial charge in [0.1, 0.15) is 11.8 Å². The first kappa shape index (κ1) is 13.0.